The van der Waals surface area contributed by atoms with Gasteiger partial charge in [0.2, 0.25) is 0 Å². The second-order valence-electron chi connectivity index (χ2n) is 21.0. The first kappa shape index (κ1) is 64.6. The van der Waals surface area contributed by atoms with Gasteiger partial charge in [0.05, 0.1) is 63.4 Å². The first-order chi connectivity index (χ1) is 42.3. The molecule has 0 N–H and O–H groups in total. The summed E-state index contributed by atoms with van der Waals surface area (Å²) in [6.45, 7) is 3.52. The van der Waals surface area contributed by atoms with Crippen LogP contribution in [-0.2, 0) is 81.5 Å². The van der Waals surface area contributed by atoms with E-state index in [1.54, 1.807) is 54.6 Å². The number of hydrogen-bond acceptors (Lipinski definition) is 16. The molecule has 6 aromatic carbocycles. The Morgan fingerprint density at radius 3 is 1.37 bits per heavy atom. The molecule has 0 spiro atoms. The molecule has 0 amide bonds. The molecule has 0 aliphatic carbocycles. The average molecular weight is 1180 g/mol. The number of benzene rings is 6. The molecule has 6 aromatic rings. The SMILES string of the molecule is CCCCCCCCCCCOC/C=C\CO[C@@H]1O[C@H](COCc2ccccc2)[C@@H](O[C@@H]2O[C@H](C(=O)OC)[C@H](OC(=O)c3ccccc3)[C@H](OC(=O)c3ccccc3)[C@H]2OC(=O)c2ccccc2)[C@H](OCc2ccccc2)[C@H]1OCc1ccccc1. The Balaban J connectivity index is 1.16. The van der Waals surface area contributed by atoms with Gasteiger partial charge in [0, 0.05) is 6.61 Å². The van der Waals surface area contributed by atoms with E-state index in [1.165, 1.54) is 81.3 Å². The van der Waals surface area contributed by atoms with Crippen LogP contribution in [0, 0.1) is 0 Å². The van der Waals surface area contributed by atoms with Crippen LogP contribution in [-0.4, -0.2) is 119 Å². The van der Waals surface area contributed by atoms with Gasteiger partial charge in [-0.2, -0.15) is 0 Å². The molecule has 0 bridgehead atoms. The molecular formula is C70H80O16. The molecule has 0 saturated carbocycles. The second-order valence-corrected chi connectivity index (χ2v) is 21.0. The van der Waals surface area contributed by atoms with Crippen molar-refractivity contribution in [3.05, 3.63) is 228 Å². The Bertz CT molecular complexity index is 2920. The lowest BCUT2D eigenvalue weighted by Gasteiger charge is -2.49. The van der Waals surface area contributed by atoms with Gasteiger partial charge < -0.3 is 56.8 Å². The molecule has 2 heterocycles. The van der Waals surface area contributed by atoms with Crippen molar-refractivity contribution in [3.63, 3.8) is 0 Å². The normalized spacial score (nSPS) is 22.0. The predicted molar refractivity (Wildman–Crippen MR) is 320 cm³/mol. The molecule has 2 saturated heterocycles. The van der Waals surface area contributed by atoms with Crippen molar-refractivity contribution >= 4 is 23.9 Å². The van der Waals surface area contributed by atoms with Crippen LogP contribution >= 0.6 is 0 Å². The lowest BCUT2D eigenvalue weighted by Crippen LogP contribution is -2.67. The molecule has 0 aromatic heterocycles. The Morgan fingerprint density at radius 1 is 0.419 bits per heavy atom. The molecule has 16 nitrogen and oxygen atoms in total. The van der Waals surface area contributed by atoms with E-state index in [4.69, 9.17) is 56.8 Å². The van der Waals surface area contributed by atoms with Crippen LogP contribution in [0.5, 0.6) is 0 Å². The van der Waals surface area contributed by atoms with Crippen LogP contribution in [0.3, 0.4) is 0 Å². The van der Waals surface area contributed by atoms with Crippen molar-refractivity contribution in [3.8, 4) is 0 Å². The predicted octanol–water partition coefficient (Wildman–Crippen LogP) is 12.2. The fraction of sp³-hybridized carbons (Fsp3) is 0.400. The highest BCUT2D eigenvalue weighted by molar-refractivity contribution is 5.91. The van der Waals surface area contributed by atoms with Gasteiger partial charge in [-0.15, -0.1) is 0 Å². The Hall–Kier alpha value is -7.38. The van der Waals surface area contributed by atoms with Crippen molar-refractivity contribution in [2.45, 2.75) is 146 Å². The molecule has 2 aliphatic heterocycles. The smallest absolute Gasteiger partial charge is 0.339 e. The lowest BCUT2D eigenvalue weighted by molar-refractivity contribution is -0.364. The number of hydrogen-bond donors (Lipinski definition) is 0. The first-order valence-corrected chi connectivity index (χ1v) is 29.9. The van der Waals surface area contributed by atoms with E-state index in [0.717, 1.165) is 36.6 Å². The summed E-state index contributed by atoms with van der Waals surface area (Å²) in [5.41, 5.74) is 2.83. The van der Waals surface area contributed by atoms with E-state index in [2.05, 4.69) is 6.92 Å². The van der Waals surface area contributed by atoms with Crippen molar-refractivity contribution in [1.29, 1.82) is 0 Å². The van der Waals surface area contributed by atoms with E-state index in [9.17, 15) is 19.2 Å². The third-order valence-corrected chi connectivity index (χ3v) is 14.7. The minimum atomic E-state index is -1.86. The largest absolute Gasteiger partial charge is 0.467 e. The quantitative estimate of drug-likeness (QED) is 0.0161. The summed E-state index contributed by atoms with van der Waals surface area (Å²) in [7, 11) is 1.13. The van der Waals surface area contributed by atoms with E-state index >= 15 is 0 Å². The minimum Gasteiger partial charge on any atom is -0.467 e. The number of carbonyl (C=O) groups excluding carboxylic acids is 4. The molecule has 2 aliphatic rings. The number of unbranched alkanes of at least 4 members (excludes halogenated alkanes) is 8. The van der Waals surface area contributed by atoms with Gasteiger partial charge in [0.25, 0.3) is 0 Å². The molecule has 0 radical (unpaired) electrons. The van der Waals surface area contributed by atoms with Crippen LogP contribution in [0.1, 0.15) is 112 Å². The molecule has 0 unspecified atom stereocenters. The molecular weight excluding hydrogens is 1100 g/mol. The van der Waals surface area contributed by atoms with Crippen molar-refractivity contribution in [2.24, 2.45) is 0 Å². The summed E-state index contributed by atoms with van der Waals surface area (Å²) in [5.74, 6) is -3.74. The number of rotatable bonds is 34. The molecule has 456 valence electrons. The van der Waals surface area contributed by atoms with Crippen molar-refractivity contribution in [1.82, 2.24) is 0 Å². The van der Waals surface area contributed by atoms with Gasteiger partial charge in [-0.05, 0) is 59.5 Å². The number of methoxy groups -OCH3 is 1. The highest BCUT2D eigenvalue weighted by Gasteiger charge is 2.59. The number of esters is 4. The summed E-state index contributed by atoms with van der Waals surface area (Å²) < 4.78 is 78.0. The van der Waals surface area contributed by atoms with Gasteiger partial charge in [0.1, 0.15) is 24.4 Å². The monoisotopic (exact) mass is 1180 g/mol. The van der Waals surface area contributed by atoms with Crippen LogP contribution in [0.2, 0.25) is 0 Å². The van der Waals surface area contributed by atoms with E-state index in [-0.39, 0.29) is 49.7 Å². The third kappa shape index (κ3) is 20.1. The molecule has 16 heteroatoms. The molecule has 8 rings (SSSR count). The third-order valence-electron chi connectivity index (χ3n) is 14.7. The Labute approximate surface area is 504 Å². The topological polar surface area (TPSA) is 179 Å². The fourth-order valence-corrected chi connectivity index (χ4v) is 10.1. The van der Waals surface area contributed by atoms with Crippen molar-refractivity contribution in [2.75, 3.05) is 33.5 Å². The average Bonchev–Trinajstić information content (AvgIpc) is 1.20. The van der Waals surface area contributed by atoms with Crippen molar-refractivity contribution < 1.29 is 76.0 Å². The maximum atomic E-state index is 14.5. The summed E-state index contributed by atoms with van der Waals surface area (Å²) in [6.07, 6.45) is -0.0128. The van der Waals surface area contributed by atoms with Crippen LogP contribution in [0.15, 0.2) is 194 Å². The lowest BCUT2D eigenvalue weighted by atomic mass is 9.95. The standard InChI is InChI=1S/C70H80O16/c1-3-4-5-6-7-8-9-10-29-44-76-45-30-31-46-78-69-63(80-49-53-36-21-13-22-37-53)59(79-48-52-34-19-12-20-35-52)58(57(81-69)50-77-47-51-32-17-11-18-33-51)85-70-64(84-67(73)56-42-27-16-28-43-56)61(83-66(72)55-40-25-15-26-41-55)60(62(86-70)68(74)75-2)82-65(71)54-38-23-14-24-39-54/h11-28,30-43,57-64,69-70H,3-10,29,44-50H2,1-2H3/b31-30-/t57-,58-,59+,60-,61+,62+,63-,64-,69-,70-/m1/s1. The summed E-state index contributed by atoms with van der Waals surface area (Å²) >= 11 is 0. The molecule has 86 heavy (non-hydrogen) atoms. The Morgan fingerprint density at radius 2 is 0.860 bits per heavy atom. The maximum absolute atomic E-state index is 14.5. The minimum absolute atomic E-state index is 0.0363. The number of carbonyl (C=O) groups is 4. The number of ether oxygens (including phenoxy) is 12. The van der Waals surface area contributed by atoms with Gasteiger partial charge in [-0.3, -0.25) is 0 Å². The van der Waals surface area contributed by atoms with Gasteiger partial charge in [-0.25, -0.2) is 19.2 Å². The van der Waals surface area contributed by atoms with E-state index in [0.29, 0.717) is 13.2 Å². The highest BCUT2D eigenvalue weighted by atomic mass is 16.8. The second kappa shape index (κ2) is 35.9. The van der Waals surface area contributed by atoms with Gasteiger partial charge in [0.15, 0.2) is 37.0 Å². The molecule has 2 fully saturated rings. The van der Waals surface area contributed by atoms with Crippen LogP contribution in [0.25, 0.3) is 0 Å². The summed E-state index contributed by atoms with van der Waals surface area (Å²) in [5, 5.41) is 0. The zero-order valence-electron chi connectivity index (χ0n) is 49.1. The van der Waals surface area contributed by atoms with Crippen LogP contribution < -0.4 is 0 Å². The van der Waals surface area contributed by atoms with Gasteiger partial charge in [-0.1, -0.05) is 216 Å². The van der Waals surface area contributed by atoms with E-state index < -0.39 is 85.3 Å². The van der Waals surface area contributed by atoms with E-state index in [1.807, 2.05) is 103 Å². The van der Waals surface area contributed by atoms with Gasteiger partial charge >= 0.3 is 23.9 Å². The maximum Gasteiger partial charge on any atom is 0.339 e. The zero-order valence-corrected chi connectivity index (χ0v) is 49.1. The highest BCUT2D eigenvalue weighted by Crippen LogP contribution is 2.37. The first-order valence-electron chi connectivity index (χ1n) is 29.9. The zero-order chi connectivity index (χ0) is 60.0. The fourth-order valence-electron chi connectivity index (χ4n) is 10.1. The molecule has 10 atom stereocenters. The van der Waals surface area contributed by atoms with Crippen LogP contribution in [0.4, 0.5) is 0 Å². The summed E-state index contributed by atoms with van der Waals surface area (Å²) in [4.78, 5) is 57.4. The summed E-state index contributed by atoms with van der Waals surface area (Å²) in [6, 6.07) is 52.8. The Kier molecular flexibility index (Phi) is 27.0.